The molecule has 0 aromatic carbocycles. The van der Waals surface area contributed by atoms with Gasteiger partial charge < -0.3 is 29.4 Å². The molecule has 3 fully saturated rings. The van der Waals surface area contributed by atoms with E-state index < -0.39 is 12.4 Å². The van der Waals surface area contributed by atoms with Gasteiger partial charge in [-0.25, -0.2) is 4.98 Å². The highest BCUT2D eigenvalue weighted by atomic mass is 16.7. The molecular formula is C16H26N4O3. The van der Waals surface area contributed by atoms with Crippen molar-refractivity contribution in [3.8, 4) is 0 Å². The quantitative estimate of drug-likeness (QED) is 0.810. The zero-order valence-corrected chi connectivity index (χ0v) is 13.8. The first kappa shape index (κ1) is 15.5. The lowest BCUT2D eigenvalue weighted by atomic mass is 9.93. The summed E-state index contributed by atoms with van der Waals surface area (Å²) in [5, 5.41) is 14.7. The van der Waals surface area contributed by atoms with Crippen molar-refractivity contribution in [2.75, 3.05) is 26.7 Å². The Hall–Kier alpha value is -0.990. The highest BCUT2D eigenvalue weighted by molar-refractivity contribution is 5.05. The van der Waals surface area contributed by atoms with Crippen LogP contribution in [0, 0.1) is 6.92 Å². The van der Waals surface area contributed by atoms with Crippen LogP contribution in [0.15, 0.2) is 12.4 Å². The van der Waals surface area contributed by atoms with Crippen molar-refractivity contribution >= 4 is 0 Å². The van der Waals surface area contributed by atoms with Crippen molar-refractivity contribution in [1.29, 1.82) is 0 Å². The fourth-order valence-corrected chi connectivity index (χ4v) is 4.05. The van der Waals surface area contributed by atoms with Gasteiger partial charge in [0.2, 0.25) is 0 Å². The molecule has 2 N–H and O–H groups in total. The first-order chi connectivity index (χ1) is 11.1. The third-order valence-electron chi connectivity index (χ3n) is 5.46. The summed E-state index contributed by atoms with van der Waals surface area (Å²) in [7, 11) is 2.15. The van der Waals surface area contributed by atoms with Crippen LogP contribution in [0.4, 0.5) is 0 Å². The summed E-state index contributed by atoms with van der Waals surface area (Å²) in [6, 6.07) is 0.0742. The van der Waals surface area contributed by atoms with E-state index in [9.17, 15) is 5.11 Å². The molecule has 0 aliphatic carbocycles. The van der Waals surface area contributed by atoms with Gasteiger partial charge in [-0.05, 0) is 39.9 Å². The maximum Gasteiger partial charge on any atom is 0.181 e. The van der Waals surface area contributed by atoms with Crippen molar-refractivity contribution in [2.45, 2.75) is 56.4 Å². The number of aromatic nitrogens is 2. The van der Waals surface area contributed by atoms with Crippen molar-refractivity contribution in [2.24, 2.45) is 0 Å². The first-order valence-corrected chi connectivity index (χ1v) is 8.52. The topological polar surface area (TPSA) is 71.8 Å². The SMILES string of the molecule is Cc1nccn1[C@H]1[C@@H]2OC[C@@H](O2)[C@@H](NC2CCN(C)CC2)[C@@H]1O. The van der Waals surface area contributed by atoms with Crippen LogP contribution in [0.1, 0.15) is 24.7 Å². The molecule has 23 heavy (non-hydrogen) atoms. The van der Waals surface area contributed by atoms with Gasteiger partial charge in [0.05, 0.1) is 18.8 Å². The van der Waals surface area contributed by atoms with E-state index in [0.29, 0.717) is 12.6 Å². The second-order valence-electron chi connectivity index (χ2n) is 7.01. The zero-order chi connectivity index (χ0) is 16.0. The van der Waals surface area contributed by atoms with E-state index in [4.69, 9.17) is 9.47 Å². The third kappa shape index (κ3) is 2.81. The summed E-state index contributed by atoms with van der Waals surface area (Å²) in [4.78, 5) is 6.62. The molecule has 4 heterocycles. The number of hydrogen-bond donors (Lipinski definition) is 2. The van der Waals surface area contributed by atoms with Crippen molar-refractivity contribution in [1.82, 2.24) is 19.8 Å². The summed E-state index contributed by atoms with van der Waals surface area (Å²) in [5.41, 5.74) is 0. The van der Waals surface area contributed by atoms with E-state index in [1.165, 1.54) is 0 Å². The molecule has 7 heteroatoms. The monoisotopic (exact) mass is 322 g/mol. The number of nitrogens with one attached hydrogen (secondary N) is 1. The number of likely N-dealkylation sites (tertiary alicyclic amines) is 1. The van der Waals surface area contributed by atoms with Gasteiger partial charge in [0.15, 0.2) is 6.29 Å². The largest absolute Gasteiger partial charge is 0.389 e. The molecular weight excluding hydrogens is 296 g/mol. The number of aliphatic hydroxyl groups is 1. The van der Waals surface area contributed by atoms with Gasteiger partial charge in [-0.3, -0.25) is 0 Å². The van der Waals surface area contributed by atoms with E-state index in [1.807, 2.05) is 17.7 Å². The molecule has 0 radical (unpaired) electrons. The van der Waals surface area contributed by atoms with Crippen molar-refractivity contribution in [3.63, 3.8) is 0 Å². The normalized spacial score (nSPS) is 39.0. The standard InChI is InChI=1S/C16H26N4O3/c1-10-17-5-8-20(10)14-15(21)13(12-9-22-16(14)23-12)18-11-3-6-19(2)7-4-11/h5,8,11-16,18,21H,3-4,6-7,9H2,1-2H3/t12-,13-,14-,15+,16-/m1/s1. The average Bonchev–Trinajstić information content (AvgIpc) is 3.15. The predicted molar refractivity (Wildman–Crippen MR) is 84.1 cm³/mol. The molecule has 7 nitrogen and oxygen atoms in total. The van der Waals surface area contributed by atoms with Crippen LogP contribution < -0.4 is 5.32 Å². The Morgan fingerprint density at radius 1 is 1.35 bits per heavy atom. The summed E-state index contributed by atoms with van der Waals surface area (Å²) >= 11 is 0. The lowest BCUT2D eigenvalue weighted by molar-refractivity contribution is -0.167. The summed E-state index contributed by atoms with van der Waals surface area (Å²) in [6.07, 6.45) is 4.84. The minimum Gasteiger partial charge on any atom is -0.389 e. The second-order valence-corrected chi connectivity index (χ2v) is 7.01. The fourth-order valence-electron chi connectivity index (χ4n) is 4.05. The number of fused-ring (bicyclic) bond motifs is 2. The van der Waals surface area contributed by atoms with Crippen LogP contribution in [0.5, 0.6) is 0 Å². The number of aryl methyl sites for hydroxylation is 1. The number of nitrogens with zero attached hydrogens (tertiary/aromatic N) is 3. The Morgan fingerprint density at radius 2 is 2.13 bits per heavy atom. The highest BCUT2D eigenvalue weighted by Gasteiger charge is 2.51. The first-order valence-electron chi connectivity index (χ1n) is 8.52. The number of aliphatic hydroxyl groups excluding tert-OH is 1. The molecule has 1 aromatic heterocycles. The van der Waals surface area contributed by atoms with Gasteiger partial charge >= 0.3 is 0 Å². The predicted octanol–water partition coefficient (Wildman–Crippen LogP) is -0.0990. The Balaban J connectivity index is 1.52. The average molecular weight is 322 g/mol. The molecule has 128 valence electrons. The van der Waals surface area contributed by atoms with E-state index in [0.717, 1.165) is 31.8 Å². The van der Waals surface area contributed by atoms with Gasteiger partial charge in [0.1, 0.15) is 18.0 Å². The maximum atomic E-state index is 11.0. The van der Waals surface area contributed by atoms with Crippen molar-refractivity contribution < 1.29 is 14.6 Å². The van der Waals surface area contributed by atoms with Gasteiger partial charge in [-0.2, -0.15) is 0 Å². The molecule has 0 spiro atoms. The van der Waals surface area contributed by atoms with Crippen LogP contribution in [0.2, 0.25) is 0 Å². The number of imidazole rings is 1. The molecule has 0 amide bonds. The Labute approximate surface area is 136 Å². The van der Waals surface area contributed by atoms with Gasteiger partial charge in [0, 0.05) is 18.4 Å². The van der Waals surface area contributed by atoms with Crippen LogP contribution >= 0.6 is 0 Å². The summed E-state index contributed by atoms with van der Waals surface area (Å²) in [6.45, 7) is 4.66. The van der Waals surface area contributed by atoms with Gasteiger partial charge in [-0.15, -0.1) is 0 Å². The highest BCUT2D eigenvalue weighted by Crippen LogP contribution is 2.36. The van der Waals surface area contributed by atoms with E-state index in [1.54, 1.807) is 6.20 Å². The Morgan fingerprint density at radius 3 is 2.83 bits per heavy atom. The third-order valence-corrected chi connectivity index (χ3v) is 5.46. The van der Waals surface area contributed by atoms with E-state index >= 15 is 0 Å². The minimum atomic E-state index is -0.547. The smallest absolute Gasteiger partial charge is 0.181 e. The van der Waals surface area contributed by atoms with Crippen LogP contribution in [0.3, 0.4) is 0 Å². The summed E-state index contributed by atoms with van der Waals surface area (Å²) in [5.74, 6) is 0.865. The lowest BCUT2D eigenvalue weighted by Crippen LogP contribution is -2.60. The molecule has 5 atom stereocenters. The van der Waals surface area contributed by atoms with Gasteiger partial charge in [-0.1, -0.05) is 0 Å². The summed E-state index contributed by atoms with van der Waals surface area (Å²) < 4.78 is 13.8. The molecule has 0 saturated carbocycles. The number of rotatable bonds is 3. The Kier molecular flexibility index (Phi) is 4.15. The lowest BCUT2D eigenvalue weighted by Gasteiger charge is -2.42. The van der Waals surface area contributed by atoms with E-state index in [2.05, 4.69) is 22.2 Å². The van der Waals surface area contributed by atoms with Crippen molar-refractivity contribution in [3.05, 3.63) is 18.2 Å². The van der Waals surface area contributed by atoms with Crippen LogP contribution in [0.25, 0.3) is 0 Å². The molecule has 2 bridgehead atoms. The van der Waals surface area contributed by atoms with E-state index in [-0.39, 0.29) is 18.2 Å². The van der Waals surface area contributed by atoms with Crippen LogP contribution in [-0.2, 0) is 9.47 Å². The Bertz CT molecular complexity index is 543. The fraction of sp³-hybridized carbons (Fsp3) is 0.812. The van der Waals surface area contributed by atoms with Crippen LogP contribution in [-0.4, -0.2) is 76.9 Å². The number of hydrogen-bond acceptors (Lipinski definition) is 6. The number of piperidine rings is 1. The maximum absolute atomic E-state index is 11.0. The minimum absolute atomic E-state index is 0.0743. The second kappa shape index (κ2) is 6.14. The molecule has 3 saturated heterocycles. The molecule has 0 unspecified atom stereocenters. The molecule has 3 aliphatic rings. The molecule has 3 aliphatic heterocycles. The molecule has 1 aromatic rings. The number of ether oxygens (including phenoxy) is 2. The zero-order valence-electron chi connectivity index (χ0n) is 13.8. The molecule has 4 rings (SSSR count). The van der Waals surface area contributed by atoms with Gasteiger partial charge in [0.25, 0.3) is 0 Å².